The molecule has 2 heteroatoms. The van der Waals surface area contributed by atoms with Crippen LogP contribution in [0.25, 0.3) is 0 Å². The van der Waals surface area contributed by atoms with Gasteiger partial charge in [-0.15, -0.1) is 0 Å². The first-order valence-corrected chi connectivity index (χ1v) is 7.53. The second-order valence-electron chi connectivity index (χ2n) is 6.38. The van der Waals surface area contributed by atoms with Gasteiger partial charge in [0.2, 0.25) is 0 Å². The van der Waals surface area contributed by atoms with Crippen LogP contribution in [0.1, 0.15) is 44.7 Å². The van der Waals surface area contributed by atoms with Gasteiger partial charge in [-0.25, -0.2) is 0 Å². The number of nitrogens with one attached hydrogen (secondary N) is 1. The highest BCUT2D eigenvalue weighted by molar-refractivity contribution is 5.61. The number of anilines is 1. The lowest BCUT2D eigenvalue weighted by Gasteiger charge is -2.48. The lowest BCUT2D eigenvalue weighted by Crippen LogP contribution is -2.54. The van der Waals surface area contributed by atoms with E-state index in [2.05, 4.69) is 63.2 Å². The molecule has 0 aliphatic carbocycles. The second kappa shape index (κ2) is 5.54. The molecule has 1 atom stereocenters. The largest absolute Gasteiger partial charge is 0.366 e. The predicted molar refractivity (Wildman–Crippen MR) is 84.1 cm³/mol. The van der Waals surface area contributed by atoms with Gasteiger partial charge < -0.3 is 10.2 Å². The highest BCUT2D eigenvalue weighted by Crippen LogP contribution is 2.36. The summed E-state index contributed by atoms with van der Waals surface area (Å²) in [6.45, 7) is 10.4. The zero-order valence-corrected chi connectivity index (χ0v) is 13.1. The van der Waals surface area contributed by atoms with Crippen molar-refractivity contribution in [2.24, 2.45) is 0 Å². The van der Waals surface area contributed by atoms with Crippen LogP contribution in [0.2, 0.25) is 0 Å². The molecule has 19 heavy (non-hydrogen) atoms. The summed E-state index contributed by atoms with van der Waals surface area (Å²) in [4.78, 5) is 2.63. The molecule has 1 aromatic rings. The van der Waals surface area contributed by atoms with Gasteiger partial charge in [-0.3, -0.25) is 0 Å². The zero-order valence-electron chi connectivity index (χ0n) is 13.1. The van der Waals surface area contributed by atoms with Crippen LogP contribution < -0.4 is 10.2 Å². The van der Waals surface area contributed by atoms with Crippen LogP contribution in [-0.2, 0) is 6.42 Å². The number of aryl methyl sites for hydroxylation is 2. The number of hydrogen-bond acceptors (Lipinski definition) is 2. The Balaban J connectivity index is 2.36. The number of benzene rings is 1. The Kier molecular flexibility index (Phi) is 4.19. The summed E-state index contributed by atoms with van der Waals surface area (Å²) in [7, 11) is 2.08. The van der Waals surface area contributed by atoms with E-state index < -0.39 is 0 Å². The summed E-state index contributed by atoms with van der Waals surface area (Å²) in [5, 5.41) is 3.45. The molecular formula is C17H28N2. The molecule has 0 bridgehead atoms. The number of para-hydroxylation sites is 1. The third kappa shape index (κ3) is 2.79. The van der Waals surface area contributed by atoms with Crippen LogP contribution in [0.3, 0.4) is 0 Å². The van der Waals surface area contributed by atoms with Crippen molar-refractivity contribution in [1.82, 2.24) is 5.32 Å². The molecule has 2 rings (SSSR count). The lowest BCUT2D eigenvalue weighted by molar-refractivity contribution is 0.301. The second-order valence-corrected chi connectivity index (χ2v) is 6.38. The summed E-state index contributed by atoms with van der Waals surface area (Å²) >= 11 is 0. The van der Waals surface area contributed by atoms with Crippen molar-refractivity contribution in [1.29, 1.82) is 0 Å². The van der Waals surface area contributed by atoms with Gasteiger partial charge >= 0.3 is 0 Å². The predicted octanol–water partition coefficient (Wildman–Crippen LogP) is 3.52. The maximum absolute atomic E-state index is 3.45. The first kappa shape index (κ1) is 14.4. The Morgan fingerprint density at radius 2 is 2.11 bits per heavy atom. The molecular weight excluding hydrogens is 232 g/mol. The van der Waals surface area contributed by atoms with Crippen molar-refractivity contribution >= 4 is 5.69 Å². The van der Waals surface area contributed by atoms with Gasteiger partial charge in [0.1, 0.15) is 0 Å². The highest BCUT2D eigenvalue weighted by atomic mass is 15.2. The zero-order chi connectivity index (χ0) is 14.0. The highest BCUT2D eigenvalue weighted by Gasteiger charge is 2.35. The van der Waals surface area contributed by atoms with Gasteiger partial charge in [-0.2, -0.15) is 0 Å². The van der Waals surface area contributed by atoms with Gasteiger partial charge in [0.25, 0.3) is 0 Å². The van der Waals surface area contributed by atoms with Crippen LogP contribution in [0.4, 0.5) is 5.69 Å². The molecule has 0 saturated carbocycles. The maximum Gasteiger partial charge on any atom is 0.0432 e. The Morgan fingerprint density at radius 1 is 1.37 bits per heavy atom. The van der Waals surface area contributed by atoms with E-state index in [4.69, 9.17) is 0 Å². The van der Waals surface area contributed by atoms with E-state index >= 15 is 0 Å². The molecule has 1 unspecified atom stereocenters. The van der Waals surface area contributed by atoms with Crippen LogP contribution in [0.5, 0.6) is 0 Å². The van der Waals surface area contributed by atoms with E-state index in [1.807, 2.05) is 0 Å². The van der Waals surface area contributed by atoms with Crippen molar-refractivity contribution in [3.8, 4) is 0 Å². The van der Waals surface area contributed by atoms with Crippen molar-refractivity contribution in [3.63, 3.8) is 0 Å². The average Bonchev–Trinajstić information content (AvgIpc) is 2.38. The molecule has 1 aliphatic rings. The molecule has 1 N–H and O–H groups in total. The molecule has 1 fully saturated rings. The topological polar surface area (TPSA) is 15.3 Å². The smallest absolute Gasteiger partial charge is 0.0432 e. The number of rotatable bonds is 3. The first-order valence-electron chi connectivity index (χ1n) is 7.53. The van der Waals surface area contributed by atoms with Crippen molar-refractivity contribution in [3.05, 3.63) is 29.3 Å². The molecule has 1 aromatic carbocycles. The summed E-state index contributed by atoms with van der Waals surface area (Å²) in [5.41, 5.74) is 4.60. The van der Waals surface area contributed by atoms with Gasteiger partial charge in [0.15, 0.2) is 0 Å². The van der Waals surface area contributed by atoms with E-state index in [1.54, 1.807) is 0 Å². The third-order valence-corrected chi connectivity index (χ3v) is 4.56. The Labute approximate surface area is 118 Å². The molecule has 2 nitrogen and oxygen atoms in total. The maximum atomic E-state index is 3.45. The molecule has 1 heterocycles. The SMILES string of the molecule is CCc1cccc(C)c1N1CCC(NC)CC1(C)C. The minimum Gasteiger partial charge on any atom is -0.366 e. The molecule has 1 saturated heterocycles. The van der Waals surface area contributed by atoms with Crippen LogP contribution in [0.15, 0.2) is 18.2 Å². The number of nitrogens with zero attached hydrogens (tertiary/aromatic N) is 1. The normalized spacial score (nSPS) is 22.6. The van der Waals surface area contributed by atoms with Gasteiger partial charge in [0.05, 0.1) is 0 Å². The van der Waals surface area contributed by atoms with Crippen molar-refractivity contribution < 1.29 is 0 Å². The monoisotopic (exact) mass is 260 g/mol. The third-order valence-electron chi connectivity index (χ3n) is 4.56. The Morgan fingerprint density at radius 3 is 2.68 bits per heavy atom. The Bertz CT molecular complexity index is 437. The fourth-order valence-corrected chi connectivity index (χ4v) is 3.45. The van der Waals surface area contributed by atoms with E-state index in [0.717, 1.165) is 13.0 Å². The van der Waals surface area contributed by atoms with Gasteiger partial charge in [0, 0.05) is 23.8 Å². The van der Waals surface area contributed by atoms with E-state index in [1.165, 1.54) is 29.7 Å². The van der Waals surface area contributed by atoms with Gasteiger partial charge in [-0.05, 0) is 58.2 Å². The number of piperidine rings is 1. The lowest BCUT2D eigenvalue weighted by atomic mass is 9.85. The van der Waals surface area contributed by atoms with Crippen LogP contribution in [0, 0.1) is 6.92 Å². The average molecular weight is 260 g/mol. The van der Waals surface area contributed by atoms with Gasteiger partial charge in [-0.1, -0.05) is 25.1 Å². The first-order chi connectivity index (χ1) is 8.99. The number of hydrogen-bond donors (Lipinski definition) is 1. The minimum atomic E-state index is 0.224. The molecule has 106 valence electrons. The molecule has 0 amide bonds. The van der Waals surface area contributed by atoms with E-state index in [-0.39, 0.29) is 5.54 Å². The molecule has 0 aromatic heterocycles. The summed E-state index contributed by atoms with van der Waals surface area (Å²) < 4.78 is 0. The standard InChI is InChI=1S/C17H28N2/c1-6-14-9-7-8-13(2)16(14)19-11-10-15(18-5)12-17(19,3)4/h7-9,15,18H,6,10-12H2,1-5H3. The van der Waals surface area contributed by atoms with Crippen LogP contribution >= 0.6 is 0 Å². The quantitative estimate of drug-likeness (QED) is 0.894. The van der Waals surface area contributed by atoms with E-state index in [9.17, 15) is 0 Å². The fraction of sp³-hybridized carbons (Fsp3) is 0.647. The van der Waals surface area contributed by atoms with Crippen molar-refractivity contribution in [2.45, 2.75) is 58.5 Å². The molecule has 1 aliphatic heterocycles. The molecule has 0 spiro atoms. The molecule has 0 radical (unpaired) electrons. The van der Waals surface area contributed by atoms with Crippen LogP contribution in [-0.4, -0.2) is 25.2 Å². The fourth-order valence-electron chi connectivity index (χ4n) is 3.45. The summed E-state index contributed by atoms with van der Waals surface area (Å²) in [5.74, 6) is 0. The van der Waals surface area contributed by atoms with Crippen molar-refractivity contribution in [2.75, 3.05) is 18.5 Å². The van der Waals surface area contributed by atoms with E-state index in [0.29, 0.717) is 6.04 Å². The summed E-state index contributed by atoms with van der Waals surface area (Å²) in [6, 6.07) is 7.36. The summed E-state index contributed by atoms with van der Waals surface area (Å²) in [6.07, 6.45) is 3.55. The Hall–Kier alpha value is -1.02. The minimum absolute atomic E-state index is 0.224.